The van der Waals surface area contributed by atoms with Gasteiger partial charge in [0.1, 0.15) is 183 Å². The molecule has 25 N–H and O–H groups in total. The average Bonchev–Trinajstić information content (AvgIpc) is 0.785. The van der Waals surface area contributed by atoms with Crippen molar-refractivity contribution in [2.45, 2.75) is 253 Å². The summed E-state index contributed by atoms with van der Waals surface area (Å²) in [4.78, 5) is 49.1. The van der Waals surface area contributed by atoms with Crippen LogP contribution in [0.1, 0.15) is 25.7 Å². The Kier molecular flexibility index (Phi) is 27.4. The number of ether oxygens (including phenoxy) is 14. The van der Waals surface area contributed by atoms with Crippen molar-refractivity contribution in [2.75, 3.05) is 59.3 Å². The second-order valence-electron chi connectivity index (χ2n) is 24.6. The molecule has 0 radical (unpaired) electrons. The van der Waals surface area contributed by atoms with E-state index in [0.29, 0.717) is 0 Å². The van der Waals surface area contributed by atoms with Gasteiger partial charge >= 0.3 is 5.97 Å². The molecule has 22 fully saturated rings. The van der Waals surface area contributed by atoms with Gasteiger partial charge in [0.2, 0.25) is 17.7 Å². The molecule has 0 aromatic rings. The average molecular weight is 1420 g/mol. The van der Waals surface area contributed by atoms with Gasteiger partial charge in [0, 0.05) is 32.5 Å². The number of hydrogen-bond acceptors (Lipinski definition) is 39. The summed E-state index contributed by atoms with van der Waals surface area (Å²) in [5.41, 5.74) is 0. The smallest absolute Gasteiger partial charge is 0.303 e. The van der Waals surface area contributed by atoms with Crippen molar-refractivity contribution < 1.29 is 193 Å². The highest BCUT2D eigenvalue weighted by Crippen LogP contribution is 2.39. The number of aliphatic carboxylic acids is 1. The minimum atomic E-state index is -2.28. The fourth-order valence-corrected chi connectivity index (χ4v) is 12.7. The normalized spacial score (nSPS) is 48.6. The highest BCUT2D eigenvalue weighted by atomic mass is 16.8. The zero-order valence-corrected chi connectivity index (χ0v) is 51.3. The first-order chi connectivity index (χ1) is 46.2. The van der Waals surface area contributed by atoms with Gasteiger partial charge in [0.25, 0.3) is 0 Å². The summed E-state index contributed by atoms with van der Waals surface area (Å²) in [6.07, 6.45) is -72.8. The van der Waals surface area contributed by atoms with Crippen molar-refractivity contribution in [3.63, 3.8) is 0 Å². The molecular weight excluding hydrogens is 1330 g/mol. The van der Waals surface area contributed by atoms with Crippen LogP contribution in [0.15, 0.2) is 0 Å². The molecule has 43 nitrogen and oxygen atoms in total. The van der Waals surface area contributed by atoms with Crippen molar-refractivity contribution in [1.82, 2.24) is 21.3 Å². The van der Waals surface area contributed by atoms with Gasteiger partial charge in [-0.3, -0.25) is 19.2 Å². The summed E-state index contributed by atoms with van der Waals surface area (Å²) < 4.78 is 81.2. The summed E-state index contributed by atoms with van der Waals surface area (Å²) in [7, 11) is 0. The fraction of sp³-hybridized carbons (Fsp3) is 0.926. The molecule has 14 bridgehead atoms. The maximum atomic E-state index is 12.9. The molecule has 22 aliphatic rings. The quantitative estimate of drug-likeness (QED) is 0.0601. The number of piperazine rings is 1. The van der Waals surface area contributed by atoms with Crippen LogP contribution in [0.3, 0.4) is 0 Å². The van der Waals surface area contributed by atoms with Gasteiger partial charge in [-0.25, -0.2) is 0 Å². The molecule has 97 heavy (non-hydrogen) atoms. The fourth-order valence-electron chi connectivity index (χ4n) is 12.7. The predicted molar refractivity (Wildman–Crippen MR) is 297 cm³/mol. The highest BCUT2D eigenvalue weighted by molar-refractivity contribution is 5.97. The Morgan fingerprint density at radius 1 is 0.320 bits per heavy atom. The molecule has 0 saturated carbocycles. The van der Waals surface area contributed by atoms with E-state index in [1.54, 1.807) is 0 Å². The lowest BCUT2D eigenvalue weighted by atomic mass is 9.95. The van der Waals surface area contributed by atoms with Gasteiger partial charge in [0.05, 0.1) is 39.6 Å². The monoisotopic (exact) mass is 1420 g/mol. The van der Waals surface area contributed by atoms with Gasteiger partial charge in [-0.2, -0.15) is 0 Å². The molecule has 0 aromatic heterocycles. The van der Waals surface area contributed by atoms with E-state index in [-0.39, 0.29) is 32.4 Å². The molecule has 22 aliphatic heterocycles. The van der Waals surface area contributed by atoms with Gasteiger partial charge in [-0.05, 0) is 12.8 Å². The van der Waals surface area contributed by atoms with Crippen LogP contribution >= 0.6 is 0 Å². The van der Waals surface area contributed by atoms with Crippen molar-refractivity contribution in [2.24, 2.45) is 0 Å². The standard InChI is InChI=1S/C54H88N4O39/c59-8-17-40-27(70)34(77)50(86-17)94-42-19(10-61)88-52(36(79)29(42)72)96-44-21(12-63)90-54(38(81)31(44)74)97-45-22(13-64)89-53(37(80)30(45)73)95-43-20(11-62)87-51(35(78)28(43)71)93-41-18(9-60)85-49(33(76)26(41)69)91-39-16(84-48(92-40)32(75)25(39)68)7-55-5-6-56-23(65)3-1-14-46(82)58-15(47(83)57-14)2-4-24(66)67/h14-22,25-45,48-55,59-64,68-81H,1-13H2,(H,56,65)(H,57,83)(H,58,82)(H,66,67)/t14-,15-,16+,17+,18+,19+,20+,21+,22+,25+,26+,27+,28+,29+,30+,31+,32+,33+,34+,35+,36+,37+,38+,39+,40+,41+,42+,43+,44+,45+,48+,49+,50+,51+,52+,53+,54+/m0/s1. The second kappa shape index (κ2) is 34.2. The maximum Gasteiger partial charge on any atom is 0.303 e. The minimum Gasteiger partial charge on any atom is -0.481 e. The molecule has 43 heteroatoms. The van der Waals surface area contributed by atoms with Crippen LogP contribution in [0.4, 0.5) is 0 Å². The van der Waals surface area contributed by atoms with Crippen molar-refractivity contribution in [1.29, 1.82) is 0 Å². The molecule has 37 atom stereocenters. The summed E-state index contributed by atoms with van der Waals surface area (Å²) in [6.45, 7) is -7.29. The summed E-state index contributed by atoms with van der Waals surface area (Å²) in [6, 6.07) is -2.22. The molecule has 558 valence electrons. The minimum absolute atomic E-state index is 0.139. The van der Waals surface area contributed by atoms with E-state index in [4.69, 9.17) is 71.4 Å². The van der Waals surface area contributed by atoms with Crippen LogP contribution in [0.2, 0.25) is 0 Å². The number of amides is 3. The van der Waals surface area contributed by atoms with E-state index < -0.39 is 303 Å². The van der Waals surface area contributed by atoms with E-state index in [0.717, 1.165) is 0 Å². The van der Waals surface area contributed by atoms with E-state index in [9.17, 15) is 121 Å². The number of carboxylic acids is 1. The SMILES string of the molecule is O=C(O)CC[C@@H]1NC(=O)[C@H](CCC(=O)NCCNC[C@H]2O[C@@H]3O[C@H]4[C@H](O)[C@@H](O)[C@@H](O[C@H]5[C@H](O)[C@@H](O)[C@@H](O[C@H]6[C@H](O)[C@@H](O)[C@@H](O[C@H]7[C@H](O)[C@@H](O)[C@@H](O[C@H]8[C@H](O)[C@@H](O)[C@@H](O[C@H]9[C@H](O)[C@@H](O)[C@@H](O[C@H]2[C@H](O)[C@H]3O)O[C@@H]9CO)O[C@@H]8CO)O[C@@H]7CO)O[C@@H]6CO)O[C@@H]5CO)O[C@@H]4CO)NC1=O. The van der Waals surface area contributed by atoms with Crippen molar-refractivity contribution >= 4 is 23.7 Å². The molecule has 0 aromatic carbocycles. The maximum absolute atomic E-state index is 12.9. The summed E-state index contributed by atoms with van der Waals surface area (Å²) >= 11 is 0. The number of rotatable bonds is 17. The first-order valence-electron chi connectivity index (χ1n) is 31.3. The molecule has 22 rings (SSSR count). The Morgan fingerprint density at radius 3 is 0.784 bits per heavy atom. The second-order valence-corrected chi connectivity index (χ2v) is 24.6. The Labute approximate surface area is 548 Å². The van der Waals surface area contributed by atoms with Crippen LogP contribution in [0.5, 0.6) is 0 Å². The molecular formula is C54H88N4O39. The van der Waals surface area contributed by atoms with Crippen LogP contribution in [-0.4, -0.2) is 417 Å². The van der Waals surface area contributed by atoms with Crippen molar-refractivity contribution in [3.05, 3.63) is 0 Å². The van der Waals surface area contributed by atoms with Crippen LogP contribution in [0.25, 0.3) is 0 Å². The number of aliphatic hydroxyl groups is 20. The van der Waals surface area contributed by atoms with Crippen molar-refractivity contribution in [3.8, 4) is 0 Å². The Balaban J connectivity index is 0.953. The van der Waals surface area contributed by atoms with Gasteiger partial charge < -0.3 is 195 Å². The Bertz CT molecular complexity index is 2530. The van der Waals surface area contributed by atoms with E-state index in [1.807, 2.05) is 0 Å². The van der Waals surface area contributed by atoms with Gasteiger partial charge in [-0.15, -0.1) is 0 Å². The van der Waals surface area contributed by atoms with E-state index in [1.165, 1.54) is 0 Å². The van der Waals surface area contributed by atoms with E-state index in [2.05, 4.69) is 21.3 Å². The number of carbonyl (C=O) groups excluding carboxylic acids is 3. The summed E-state index contributed by atoms with van der Waals surface area (Å²) in [5.74, 6) is -3.07. The van der Waals surface area contributed by atoms with Gasteiger partial charge in [-0.1, -0.05) is 0 Å². The van der Waals surface area contributed by atoms with Crippen LogP contribution in [-0.2, 0) is 85.5 Å². The number of nitrogens with one attached hydrogen (secondary N) is 4. The number of aliphatic hydroxyl groups excluding tert-OH is 20. The first kappa shape index (κ1) is 77.6. The lowest BCUT2D eigenvalue weighted by molar-refractivity contribution is -0.396. The molecule has 0 spiro atoms. The van der Waals surface area contributed by atoms with Crippen LogP contribution < -0.4 is 21.3 Å². The predicted octanol–water partition coefficient (Wildman–Crippen LogP) is -16.9. The molecule has 22 heterocycles. The largest absolute Gasteiger partial charge is 0.481 e. The number of carbonyl (C=O) groups is 4. The summed E-state index contributed by atoms with van der Waals surface area (Å²) in [5, 5.41) is 244. The number of hydrogen-bond donors (Lipinski definition) is 25. The third kappa shape index (κ3) is 17.1. The Hall–Kier alpha value is -3.52. The molecule has 3 amide bonds. The Morgan fingerprint density at radius 2 is 0.546 bits per heavy atom. The highest BCUT2D eigenvalue weighted by Gasteiger charge is 2.60. The zero-order chi connectivity index (χ0) is 70.6. The van der Waals surface area contributed by atoms with E-state index >= 15 is 0 Å². The lowest BCUT2D eigenvalue weighted by Crippen LogP contribution is -2.68. The zero-order valence-electron chi connectivity index (χ0n) is 51.3. The molecule has 22 saturated heterocycles. The molecule has 0 aliphatic carbocycles. The first-order valence-corrected chi connectivity index (χ1v) is 31.3. The number of carboxylic acid groups (broad SMARTS) is 1. The van der Waals surface area contributed by atoms with Crippen LogP contribution in [0, 0.1) is 0 Å². The third-order valence-electron chi connectivity index (χ3n) is 18.1. The molecule has 0 unspecified atom stereocenters. The lowest BCUT2D eigenvalue weighted by Gasteiger charge is -2.50. The van der Waals surface area contributed by atoms with Gasteiger partial charge in [0.15, 0.2) is 44.0 Å². The topological polar surface area (TPSA) is 670 Å². The third-order valence-corrected chi connectivity index (χ3v) is 18.1.